The number of hydrogen-bond acceptors (Lipinski definition) is 3. The monoisotopic (exact) mass is 247 g/mol. The average Bonchev–Trinajstić information content (AvgIpc) is 2.38. The molecular formula is C13H10FNO3. The van der Waals surface area contributed by atoms with Crippen LogP contribution < -0.4 is 4.74 Å². The van der Waals surface area contributed by atoms with Crippen LogP contribution in [0, 0.1) is 5.82 Å². The third-order valence-corrected chi connectivity index (χ3v) is 2.27. The number of aromatic nitrogens is 1. The minimum absolute atomic E-state index is 0.120. The molecule has 0 radical (unpaired) electrons. The van der Waals surface area contributed by atoms with Crippen molar-refractivity contribution in [3.63, 3.8) is 0 Å². The predicted octanol–water partition coefficient (Wildman–Crippen LogP) is 2.50. The molecule has 1 N–H and O–H groups in total. The molecule has 0 amide bonds. The molecule has 0 unspecified atom stereocenters. The van der Waals surface area contributed by atoms with Crippen molar-refractivity contribution in [2.45, 2.75) is 6.61 Å². The van der Waals surface area contributed by atoms with Crippen molar-refractivity contribution in [2.24, 2.45) is 0 Å². The standard InChI is InChI=1S/C13H10FNO3/c14-9-4-5-12(11(7-9)13(16)17)18-8-10-3-1-2-6-15-10/h1-7H,8H2,(H,16,17). The Hall–Kier alpha value is -2.43. The number of ether oxygens (including phenoxy) is 1. The van der Waals surface area contributed by atoms with E-state index in [1.165, 1.54) is 6.07 Å². The number of carboxylic acid groups (broad SMARTS) is 1. The number of carboxylic acids is 1. The van der Waals surface area contributed by atoms with Crippen molar-refractivity contribution in [2.75, 3.05) is 0 Å². The molecule has 0 aliphatic carbocycles. The minimum Gasteiger partial charge on any atom is -0.486 e. The summed E-state index contributed by atoms with van der Waals surface area (Å²) < 4.78 is 18.3. The third-order valence-electron chi connectivity index (χ3n) is 2.27. The van der Waals surface area contributed by atoms with Crippen LogP contribution in [0.1, 0.15) is 16.1 Å². The molecule has 0 spiro atoms. The Morgan fingerprint density at radius 1 is 1.33 bits per heavy atom. The summed E-state index contributed by atoms with van der Waals surface area (Å²) in [4.78, 5) is 15.0. The molecule has 1 heterocycles. The zero-order valence-electron chi connectivity index (χ0n) is 9.34. The van der Waals surface area contributed by atoms with Crippen LogP contribution in [0.25, 0.3) is 0 Å². The van der Waals surface area contributed by atoms with Crippen LogP contribution >= 0.6 is 0 Å². The Labute approximate surface area is 103 Å². The zero-order chi connectivity index (χ0) is 13.0. The Kier molecular flexibility index (Phi) is 3.52. The predicted molar refractivity (Wildman–Crippen MR) is 61.9 cm³/mol. The van der Waals surface area contributed by atoms with Crippen LogP contribution in [0.4, 0.5) is 4.39 Å². The molecule has 0 fully saturated rings. The van der Waals surface area contributed by atoms with E-state index in [0.29, 0.717) is 5.69 Å². The molecule has 1 aromatic heterocycles. The number of pyridine rings is 1. The number of rotatable bonds is 4. The van der Waals surface area contributed by atoms with Gasteiger partial charge in [0.1, 0.15) is 23.7 Å². The van der Waals surface area contributed by atoms with E-state index >= 15 is 0 Å². The average molecular weight is 247 g/mol. The van der Waals surface area contributed by atoms with Gasteiger partial charge in [-0.15, -0.1) is 0 Å². The lowest BCUT2D eigenvalue weighted by Crippen LogP contribution is -2.04. The molecule has 0 aliphatic heterocycles. The fraction of sp³-hybridized carbons (Fsp3) is 0.0769. The van der Waals surface area contributed by atoms with Crippen LogP contribution in [0.15, 0.2) is 42.6 Å². The first kappa shape index (κ1) is 12.0. The van der Waals surface area contributed by atoms with Gasteiger partial charge in [-0.3, -0.25) is 4.98 Å². The minimum atomic E-state index is -1.23. The van der Waals surface area contributed by atoms with Gasteiger partial charge in [0.25, 0.3) is 0 Å². The molecule has 92 valence electrons. The van der Waals surface area contributed by atoms with E-state index in [1.54, 1.807) is 24.4 Å². The van der Waals surface area contributed by atoms with Gasteiger partial charge < -0.3 is 9.84 Å². The van der Waals surface area contributed by atoms with Gasteiger partial charge in [0.05, 0.1) is 5.69 Å². The van der Waals surface area contributed by atoms with E-state index in [9.17, 15) is 9.18 Å². The summed E-state index contributed by atoms with van der Waals surface area (Å²) in [6.07, 6.45) is 1.61. The second kappa shape index (κ2) is 5.27. The van der Waals surface area contributed by atoms with Gasteiger partial charge in [-0.2, -0.15) is 0 Å². The highest BCUT2D eigenvalue weighted by Gasteiger charge is 2.12. The lowest BCUT2D eigenvalue weighted by atomic mass is 10.2. The van der Waals surface area contributed by atoms with Crippen molar-refractivity contribution >= 4 is 5.97 Å². The van der Waals surface area contributed by atoms with Gasteiger partial charge in [-0.1, -0.05) is 6.07 Å². The Balaban J connectivity index is 2.17. The molecule has 0 saturated heterocycles. The lowest BCUT2D eigenvalue weighted by Gasteiger charge is -2.08. The molecule has 5 heteroatoms. The van der Waals surface area contributed by atoms with Gasteiger partial charge >= 0.3 is 5.97 Å². The summed E-state index contributed by atoms with van der Waals surface area (Å²) in [5, 5.41) is 8.93. The maximum absolute atomic E-state index is 12.9. The fourth-order valence-electron chi connectivity index (χ4n) is 1.43. The summed E-state index contributed by atoms with van der Waals surface area (Å²) >= 11 is 0. The molecule has 1 aromatic carbocycles. The maximum Gasteiger partial charge on any atom is 0.339 e. The SMILES string of the molecule is O=C(O)c1cc(F)ccc1OCc1ccccn1. The Morgan fingerprint density at radius 2 is 2.17 bits per heavy atom. The third kappa shape index (κ3) is 2.82. The number of hydrogen-bond donors (Lipinski definition) is 1. The largest absolute Gasteiger partial charge is 0.486 e. The van der Waals surface area contributed by atoms with Crippen molar-refractivity contribution < 1.29 is 19.0 Å². The van der Waals surface area contributed by atoms with E-state index in [1.807, 2.05) is 0 Å². The Morgan fingerprint density at radius 3 is 2.83 bits per heavy atom. The van der Waals surface area contributed by atoms with E-state index in [2.05, 4.69) is 4.98 Å². The Bertz CT molecular complexity index is 557. The molecule has 0 saturated carbocycles. The summed E-state index contributed by atoms with van der Waals surface area (Å²) in [7, 11) is 0. The van der Waals surface area contributed by atoms with Gasteiger partial charge in [0, 0.05) is 6.20 Å². The number of aromatic carboxylic acids is 1. The van der Waals surface area contributed by atoms with Crippen LogP contribution in [-0.4, -0.2) is 16.1 Å². The second-order valence-corrected chi connectivity index (χ2v) is 3.56. The lowest BCUT2D eigenvalue weighted by molar-refractivity contribution is 0.0691. The van der Waals surface area contributed by atoms with Crippen LogP contribution in [0.5, 0.6) is 5.75 Å². The fourth-order valence-corrected chi connectivity index (χ4v) is 1.43. The van der Waals surface area contributed by atoms with Crippen LogP contribution in [0.3, 0.4) is 0 Å². The van der Waals surface area contributed by atoms with Gasteiger partial charge in [0.15, 0.2) is 0 Å². The van der Waals surface area contributed by atoms with Gasteiger partial charge in [-0.25, -0.2) is 9.18 Å². The highest BCUT2D eigenvalue weighted by molar-refractivity contribution is 5.90. The highest BCUT2D eigenvalue weighted by Crippen LogP contribution is 2.20. The molecule has 2 aromatic rings. The van der Waals surface area contributed by atoms with E-state index in [-0.39, 0.29) is 17.9 Å². The summed E-state index contributed by atoms with van der Waals surface area (Å²) in [5.41, 5.74) is 0.462. The number of carbonyl (C=O) groups is 1. The summed E-state index contributed by atoms with van der Waals surface area (Å²) in [6, 6.07) is 8.69. The quantitative estimate of drug-likeness (QED) is 0.901. The second-order valence-electron chi connectivity index (χ2n) is 3.56. The summed E-state index contributed by atoms with van der Waals surface area (Å²) in [5.74, 6) is -1.72. The first-order valence-electron chi connectivity index (χ1n) is 5.22. The molecule has 0 atom stereocenters. The molecule has 18 heavy (non-hydrogen) atoms. The molecule has 4 nitrogen and oxygen atoms in total. The van der Waals surface area contributed by atoms with E-state index in [0.717, 1.165) is 12.1 Å². The van der Waals surface area contributed by atoms with Crippen LogP contribution in [-0.2, 0) is 6.61 Å². The van der Waals surface area contributed by atoms with Crippen molar-refractivity contribution in [1.29, 1.82) is 0 Å². The van der Waals surface area contributed by atoms with Crippen molar-refractivity contribution in [3.8, 4) is 5.75 Å². The van der Waals surface area contributed by atoms with Gasteiger partial charge in [-0.05, 0) is 30.3 Å². The normalized spacial score (nSPS) is 10.1. The number of nitrogens with zero attached hydrogens (tertiary/aromatic N) is 1. The first-order chi connectivity index (χ1) is 8.66. The molecule has 0 bridgehead atoms. The topological polar surface area (TPSA) is 59.4 Å². The highest BCUT2D eigenvalue weighted by atomic mass is 19.1. The maximum atomic E-state index is 12.9. The molecule has 0 aliphatic rings. The summed E-state index contributed by atoms with van der Waals surface area (Å²) in [6.45, 7) is 0.132. The van der Waals surface area contributed by atoms with Crippen molar-refractivity contribution in [3.05, 3.63) is 59.7 Å². The molecular weight excluding hydrogens is 237 g/mol. The number of halogens is 1. The first-order valence-corrected chi connectivity index (χ1v) is 5.22. The van der Waals surface area contributed by atoms with Crippen molar-refractivity contribution in [1.82, 2.24) is 4.98 Å². The zero-order valence-corrected chi connectivity index (χ0v) is 9.34. The number of benzene rings is 1. The van der Waals surface area contributed by atoms with Crippen LogP contribution in [0.2, 0.25) is 0 Å². The van der Waals surface area contributed by atoms with E-state index < -0.39 is 11.8 Å². The van der Waals surface area contributed by atoms with E-state index in [4.69, 9.17) is 9.84 Å². The molecule has 2 rings (SSSR count). The smallest absolute Gasteiger partial charge is 0.339 e. The van der Waals surface area contributed by atoms with Gasteiger partial charge in [0.2, 0.25) is 0 Å².